The maximum atomic E-state index is 13.5. The SMILES string of the molecule is O=C(Nc1cc(F)cc(F)c1F)c1cn2c(n1)NCCC2. The molecule has 0 saturated carbocycles. The Hall–Kier alpha value is -2.51. The van der Waals surface area contributed by atoms with E-state index in [1.165, 1.54) is 6.20 Å². The van der Waals surface area contributed by atoms with Gasteiger partial charge in [-0.05, 0) is 6.42 Å². The van der Waals surface area contributed by atoms with E-state index in [1.54, 1.807) is 4.57 Å². The zero-order chi connectivity index (χ0) is 15.0. The lowest BCUT2D eigenvalue weighted by Crippen LogP contribution is -2.16. The zero-order valence-corrected chi connectivity index (χ0v) is 10.8. The molecule has 110 valence electrons. The van der Waals surface area contributed by atoms with E-state index in [0.717, 1.165) is 13.0 Å². The molecule has 1 aromatic carbocycles. The van der Waals surface area contributed by atoms with Gasteiger partial charge in [-0.15, -0.1) is 0 Å². The fourth-order valence-corrected chi connectivity index (χ4v) is 2.12. The van der Waals surface area contributed by atoms with Crippen molar-refractivity contribution < 1.29 is 18.0 Å². The molecule has 2 heterocycles. The monoisotopic (exact) mass is 296 g/mol. The minimum absolute atomic E-state index is 0.0449. The van der Waals surface area contributed by atoms with Gasteiger partial charge >= 0.3 is 0 Å². The highest BCUT2D eigenvalue weighted by atomic mass is 19.2. The number of aryl methyl sites for hydroxylation is 1. The van der Waals surface area contributed by atoms with Gasteiger partial charge < -0.3 is 15.2 Å². The molecule has 1 aromatic heterocycles. The summed E-state index contributed by atoms with van der Waals surface area (Å²) in [5, 5.41) is 5.13. The summed E-state index contributed by atoms with van der Waals surface area (Å²) in [5.41, 5.74) is -0.514. The lowest BCUT2D eigenvalue weighted by atomic mass is 10.2. The minimum atomic E-state index is -1.36. The maximum Gasteiger partial charge on any atom is 0.276 e. The van der Waals surface area contributed by atoms with Crippen molar-refractivity contribution in [2.45, 2.75) is 13.0 Å². The molecular formula is C13H11F3N4O. The third-order valence-electron chi connectivity index (χ3n) is 3.11. The molecule has 0 bridgehead atoms. The number of carbonyl (C=O) groups excluding carboxylic acids is 1. The van der Waals surface area contributed by atoms with Crippen LogP contribution in [0, 0.1) is 17.5 Å². The maximum absolute atomic E-state index is 13.5. The summed E-state index contributed by atoms with van der Waals surface area (Å²) in [7, 11) is 0. The van der Waals surface area contributed by atoms with Crippen LogP contribution < -0.4 is 10.6 Å². The molecule has 5 nitrogen and oxygen atoms in total. The quantitative estimate of drug-likeness (QED) is 0.836. The highest BCUT2D eigenvalue weighted by molar-refractivity contribution is 6.03. The number of hydrogen-bond donors (Lipinski definition) is 2. The van der Waals surface area contributed by atoms with Crippen molar-refractivity contribution in [2.24, 2.45) is 0 Å². The van der Waals surface area contributed by atoms with Crippen molar-refractivity contribution in [3.63, 3.8) is 0 Å². The molecule has 0 unspecified atom stereocenters. The van der Waals surface area contributed by atoms with E-state index >= 15 is 0 Å². The first-order chi connectivity index (χ1) is 10.0. The number of imidazole rings is 1. The number of amides is 1. The Morgan fingerprint density at radius 3 is 2.90 bits per heavy atom. The van der Waals surface area contributed by atoms with Gasteiger partial charge in [0, 0.05) is 31.4 Å². The number of rotatable bonds is 2. The van der Waals surface area contributed by atoms with Crippen LogP contribution in [-0.4, -0.2) is 22.0 Å². The van der Waals surface area contributed by atoms with E-state index in [4.69, 9.17) is 0 Å². The van der Waals surface area contributed by atoms with Crippen LogP contribution in [0.2, 0.25) is 0 Å². The van der Waals surface area contributed by atoms with E-state index in [1.807, 2.05) is 0 Å². The number of nitrogens with zero attached hydrogens (tertiary/aromatic N) is 2. The fraction of sp³-hybridized carbons (Fsp3) is 0.231. The van der Waals surface area contributed by atoms with Gasteiger partial charge in [-0.3, -0.25) is 4.79 Å². The van der Waals surface area contributed by atoms with Crippen molar-refractivity contribution in [2.75, 3.05) is 17.2 Å². The molecule has 21 heavy (non-hydrogen) atoms. The fourth-order valence-electron chi connectivity index (χ4n) is 2.12. The van der Waals surface area contributed by atoms with Crippen LogP contribution in [0.25, 0.3) is 0 Å². The van der Waals surface area contributed by atoms with Crippen LogP contribution in [0.1, 0.15) is 16.9 Å². The number of fused-ring (bicyclic) bond motifs is 1. The molecule has 1 aliphatic heterocycles. The van der Waals surface area contributed by atoms with Crippen LogP contribution in [-0.2, 0) is 6.54 Å². The second-order valence-corrected chi connectivity index (χ2v) is 4.63. The first-order valence-corrected chi connectivity index (χ1v) is 6.31. The Kier molecular flexibility index (Phi) is 3.28. The van der Waals surface area contributed by atoms with Crippen LogP contribution in [0.15, 0.2) is 18.3 Å². The number of anilines is 2. The lowest BCUT2D eigenvalue weighted by Gasteiger charge is -2.14. The van der Waals surface area contributed by atoms with Gasteiger partial charge in [0.15, 0.2) is 11.6 Å². The summed E-state index contributed by atoms with van der Waals surface area (Å²) in [6.45, 7) is 1.47. The summed E-state index contributed by atoms with van der Waals surface area (Å²) in [4.78, 5) is 16.0. The summed E-state index contributed by atoms with van der Waals surface area (Å²) >= 11 is 0. The first-order valence-electron chi connectivity index (χ1n) is 6.31. The molecule has 1 amide bonds. The third-order valence-corrected chi connectivity index (χ3v) is 3.11. The van der Waals surface area contributed by atoms with Crippen molar-refractivity contribution in [1.29, 1.82) is 0 Å². The van der Waals surface area contributed by atoms with E-state index in [-0.39, 0.29) is 5.69 Å². The molecule has 0 saturated heterocycles. The predicted molar refractivity (Wildman–Crippen MR) is 69.6 cm³/mol. The Labute approximate surface area is 117 Å². The average Bonchev–Trinajstić information content (AvgIpc) is 2.88. The van der Waals surface area contributed by atoms with Gasteiger partial charge in [0.1, 0.15) is 11.5 Å². The van der Waals surface area contributed by atoms with Crippen molar-refractivity contribution >= 4 is 17.5 Å². The molecule has 2 aromatic rings. The molecule has 0 aliphatic carbocycles. The standard InChI is InChI=1S/C13H11F3N4O/c14-7-4-8(15)11(16)9(5-7)18-12(21)10-6-20-3-1-2-17-13(20)19-10/h4-6H,1-3H2,(H,17,19)(H,18,21). The van der Waals surface area contributed by atoms with Crippen molar-refractivity contribution in [1.82, 2.24) is 9.55 Å². The van der Waals surface area contributed by atoms with Crippen molar-refractivity contribution in [3.05, 3.63) is 41.5 Å². The topological polar surface area (TPSA) is 59.0 Å². The zero-order valence-electron chi connectivity index (χ0n) is 10.8. The van der Waals surface area contributed by atoms with Gasteiger partial charge in [0.25, 0.3) is 5.91 Å². The molecule has 8 heteroatoms. The third kappa shape index (κ3) is 2.56. The summed E-state index contributed by atoms with van der Waals surface area (Å²) in [6, 6.07) is 1.12. The van der Waals surface area contributed by atoms with Crippen molar-refractivity contribution in [3.8, 4) is 0 Å². The molecule has 0 fully saturated rings. The normalized spacial score (nSPS) is 13.5. The predicted octanol–water partition coefficient (Wildman–Crippen LogP) is 2.37. The minimum Gasteiger partial charge on any atom is -0.356 e. The van der Waals surface area contributed by atoms with Crippen LogP contribution in [0.3, 0.4) is 0 Å². The molecule has 0 atom stereocenters. The molecular weight excluding hydrogens is 285 g/mol. The largest absolute Gasteiger partial charge is 0.356 e. The lowest BCUT2D eigenvalue weighted by molar-refractivity contribution is 0.102. The second kappa shape index (κ2) is 5.12. The average molecular weight is 296 g/mol. The number of aromatic nitrogens is 2. The Bertz CT molecular complexity index is 690. The van der Waals surface area contributed by atoms with E-state index in [0.29, 0.717) is 24.6 Å². The van der Waals surface area contributed by atoms with Crippen LogP contribution in [0.5, 0.6) is 0 Å². The number of benzene rings is 1. The number of nitrogens with one attached hydrogen (secondary N) is 2. The van der Waals surface area contributed by atoms with Crippen LogP contribution >= 0.6 is 0 Å². The molecule has 2 N–H and O–H groups in total. The summed E-state index contributed by atoms with van der Waals surface area (Å²) in [5.74, 6) is -3.85. The highest BCUT2D eigenvalue weighted by Gasteiger charge is 2.19. The van der Waals surface area contributed by atoms with Crippen LogP contribution in [0.4, 0.5) is 24.8 Å². The summed E-state index contributed by atoms with van der Waals surface area (Å²) in [6.07, 6.45) is 2.40. The van der Waals surface area contributed by atoms with Gasteiger partial charge in [0.2, 0.25) is 5.95 Å². The first kappa shape index (κ1) is 13.5. The van der Waals surface area contributed by atoms with E-state index in [2.05, 4.69) is 15.6 Å². The summed E-state index contributed by atoms with van der Waals surface area (Å²) < 4.78 is 41.4. The number of carbonyl (C=O) groups is 1. The van der Waals surface area contributed by atoms with E-state index in [9.17, 15) is 18.0 Å². The highest BCUT2D eigenvalue weighted by Crippen LogP contribution is 2.20. The van der Waals surface area contributed by atoms with Gasteiger partial charge in [-0.2, -0.15) is 0 Å². The molecule has 0 spiro atoms. The van der Waals surface area contributed by atoms with Gasteiger partial charge in [0.05, 0.1) is 5.69 Å². The van der Waals surface area contributed by atoms with Gasteiger partial charge in [-0.25, -0.2) is 18.2 Å². The molecule has 3 rings (SSSR count). The Morgan fingerprint density at radius 2 is 2.14 bits per heavy atom. The Balaban J connectivity index is 1.85. The Morgan fingerprint density at radius 1 is 1.33 bits per heavy atom. The smallest absolute Gasteiger partial charge is 0.276 e. The van der Waals surface area contributed by atoms with E-state index < -0.39 is 29.0 Å². The second-order valence-electron chi connectivity index (χ2n) is 4.63. The molecule has 1 aliphatic rings. The van der Waals surface area contributed by atoms with Gasteiger partial charge in [-0.1, -0.05) is 0 Å². The number of halogens is 3. The number of hydrogen-bond acceptors (Lipinski definition) is 3. The molecule has 0 radical (unpaired) electrons.